The highest BCUT2D eigenvalue weighted by atomic mass is 35.5. The highest BCUT2D eigenvalue weighted by Crippen LogP contribution is 2.26. The molecule has 0 aliphatic rings. The third-order valence-corrected chi connectivity index (χ3v) is 4.74. The van der Waals surface area contributed by atoms with Crippen molar-refractivity contribution >= 4 is 52.0 Å². The van der Waals surface area contributed by atoms with E-state index < -0.39 is 4.92 Å². The van der Waals surface area contributed by atoms with E-state index in [1.165, 1.54) is 28.3 Å². The van der Waals surface area contributed by atoms with Crippen molar-refractivity contribution in [2.45, 2.75) is 6.54 Å². The van der Waals surface area contributed by atoms with Crippen LogP contribution in [0.5, 0.6) is 0 Å². The van der Waals surface area contributed by atoms with Crippen molar-refractivity contribution in [2.75, 3.05) is 5.32 Å². The zero-order valence-corrected chi connectivity index (χ0v) is 14.8. The molecule has 7 nitrogen and oxygen atoms in total. The summed E-state index contributed by atoms with van der Waals surface area (Å²) in [4.78, 5) is 22.9. The Morgan fingerprint density at radius 2 is 2.12 bits per heavy atom. The van der Waals surface area contributed by atoms with Crippen LogP contribution >= 0.6 is 34.5 Å². The van der Waals surface area contributed by atoms with Crippen molar-refractivity contribution in [1.29, 1.82) is 0 Å². The number of nitro groups is 1. The molecule has 1 aromatic carbocycles. The van der Waals surface area contributed by atoms with Gasteiger partial charge in [-0.25, -0.2) is 0 Å². The van der Waals surface area contributed by atoms with Gasteiger partial charge in [-0.2, -0.15) is 4.68 Å². The normalized spacial score (nSPS) is 10.6. The summed E-state index contributed by atoms with van der Waals surface area (Å²) in [5.74, 6) is -0.516. The van der Waals surface area contributed by atoms with E-state index in [-0.39, 0.29) is 11.7 Å². The molecule has 2 heterocycles. The lowest BCUT2D eigenvalue weighted by molar-refractivity contribution is -0.389. The fourth-order valence-electron chi connectivity index (χ4n) is 2.08. The molecule has 0 saturated heterocycles. The van der Waals surface area contributed by atoms with Gasteiger partial charge in [-0.3, -0.25) is 4.79 Å². The predicted molar refractivity (Wildman–Crippen MR) is 96.7 cm³/mol. The molecule has 0 spiro atoms. The monoisotopic (exact) mass is 396 g/mol. The zero-order chi connectivity index (χ0) is 18.0. The first-order chi connectivity index (χ1) is 11.9. The van der Waals surface area contributed by atoms with Gasteiger partial charge in [0.2, 0.25) is 0 Å². The lowest BCUT2D eigenvalue weighted by Gasteiger charge is -2.06. The Morgan fingerprint density at radius 3 is 2.80 bits per heavy atom. The minimum atomic E-state index is -0.557. The van der Waals surface area contributed by atoms with Crippen LogP contribution in [-0.4, -0.2) is 20.6 Å². The van der Waals surface area contributed by atoms with Crippen LogP contribution in [0.3, 0.4) is 0 Å². The highest BCUT2D eigenvalue weighted by Gasteiger charge is 2.14. The fraction of sp³-hybridized carbons (Fsp3) is 0.0667. The average molecular weight is 397 g/mol. The summed E-state index contributed by atoms with van der Waals surface area (Å²) < 4.78 is 1.44. The average Bonchev–Trinajstić information content (AvgIpc) is 3.20. The van der Waals surface area contributed by atoms with Gasteiger partial charge >= 0.3 is 5.82 Å². The van der Waals surface area contributed by atoms with Gasteiger partial charge in [0, 0.05) is 5.02 Å². The first-order valence-corrected chi connectivity index (χ1v) is 8.57. The lowest BCUT2D eigenvalue weighted by Crippen LogP contribution is -2.10. The highest BCUT2D eigenvalue weighted by molar-refractivity contribution is 7.12. The van der Waals surface area contributed by atoms with E-state index in [0.29, 0.717) is 27.2 Å². The van der Waals surface area contributed by atoms with Gasteiger partial charge in [0.05, 0.1) is 39.5 Å². The number of benzene rings is 1. The number of aromatic nitrogens is 2. The Labute approximate surface area is 155 Å². The molecule has 0 saturated carbocycles. The Hall–Kier alpha value is -2.42. The van der Waals surface area contributed by atoms with Gasteiger partial charge in [0.25, 0.3) is 5.91 Å². The summed E-state index contributed by atoms with van der Waals surface area (Å²) in [6, 6.07) is 7.83. The number of thiophene rings is 1. The molecule has 0 fully saturated rings. The SMILES string of the molecule is O=C(Nc1ccc(Cl)cc1Cl)c1cc(Cn2ccc([N+](=O)[O-])n2)cs1. The van der Waals surface area contributed by atoms with Crippen LogP contribution < -0.4 is 5.32 Å². The van der Waals surface area contributed by atoms with Gasteiger partial charge in [-0.05, 0) is 40.1 Å². The first kappa shape index (κ1) is 17.4. The predicted octanol–water partition coefficient (Wildman–Crippen LogP) is 4.46. The van der Waals surface area contributed by atoms with Crippen molar-refractivity contribution in [3.8, 4) is 0 Å². The van der Waals surface area contributed by atoms with Crippen molar-refractivity contribution in [2.24, 2.45) is 0 Å². The van der Waals surface area contributed by atoms with E-state index in [0.717, 1.165) is 5.56 Å². The van der Waals surface area contributed by atoms with Gasteiger partial charge < -0.3 is 15.4 Å². The van der Waals surface area contributed by atoms with Gasteiger partial charge in [0.15, 0.2) is 0 Å². The minimum absolute atomic E-state index is 0.217. The number of nitrogens with one attached hydrogen (secondary N) is 1. The number of hydrogen-bond acceptors (Lipinski definition) is 5. The Morgan fingerprint density at radius 1 is 1.32 bits per heavy atom. The molecule has 0 radical (unpaired) electrons. The molecule has 1 amide bonds. The maximum Gasteiger partial charge on any atom is 0.389 e. The molecule has 25 heavy (non-hydrogen) atoms. The summed E-state index contributed by atoms with van der Waals surface area (Å²) >= 11 is 13.1. The standard InChI is InChI=1S/C15H10Cl2N4O3S/c16-10-1-2-12(11(17)6-10)18-15(22)13-5-9(8-25-13)7-20-4-3-14(19-20)21(23)24/h1-6,8H,7H2,(H,18,22). The molecule has 3 rings (SSSR count). The van der Waals surface area contributed by atoms with Crippen molar-refractivity contribution in [1.82, 2.24) is 9.78 Å². The minimum Gasteiger partial charge on any atom is -0.358 e. The molecule has 0 aliphatic carbocycles. The third kappa shape index (κ3) is 4.16. The topological polar surface area (TPSA) is 90.1 Å². The van der Waals surface area contributed by atoms with Crippen LogP contribution in [0.4, 0.5) is 11.5 Å². The second kappa shape index (κ2) is 7.22. The molecular formula is C15H10Cl2N4O3S. The molecule has 0 atom stereocenters. The maximum atomic E-state index is 12.3. The first-order valence-electron chi connectivity index (χ1n) is 6.94. The molecule has 10 heteroatoms. The summed E-state index contributed by atoms with van der Waals surface area (Å²) in [7, 11) is 0. The quantitative estimate of drug-likeness (QED) is 0.508. The van der Waals surface area contributed by atoms with Crippen LogP contribution in [-0.2, 0) is 6.54 Å². The summed E-state index contributed by atoms with van der Waals surface area (Å²) in [5.41, 5.74) is 1.28. The number of hydrogen-bond donors (Lipinski definition) is 1. The van der Waals surface area contributed by atoms with Crippen molar-refractivity contribution in [3.63, 3.8) is 0 Å². The van der Waals surface area contributed by atoms with Crippen molar-refractivity contribution < 1.29 is 9.72 Å². The Kier molecular flexibility index (Phi) is 5.03. The van der Waals surface area contributed by atoms with Gasteiger partial charge in [-0.15, -0.1) is 11.3 Å². The fourth-order valence-corrected chi connectivity index (χ4v) is 3.33. The molecular weight excluding hydrogens is 387 g/mol. The van der Waals surface area contributed by atoms with E-state index in [9.17, 15) is 14.9 Å². The van der Waals surface area contributed by atoms with E-state index >= 15 is 0 Å². The van der Waals surface area contributed by atoms with E-state index in [4.69, 9.17) is 23.2 Å². The number of amides is 1. The second-order valence-electron chi connectivity index (χ2n) is 5.03. The van der Waals surface area contributed by atoms with Gasteiger partial charge in [0.1, 0.15) is 0 Å². The molecule has 3 aromatic rings. The van der Waals surface area contributed by atoms with Crippen LogP contribution in [0.15, 0.2) is 41.9 Å². The maximum absolute atomic E-state index is 12.3. The Balaban J connectivity index is 1.69. The van der Waals surface area contributed by atoms with Crippen LogP contribution in [0, 0.1) is 10.1 Å². The second-order valence-corrected chi connectivity index (χ2v) is 6.78. The molecule has 1 N–H and O–H groups in total. The number of nitrogens with zero attached hydrogens (tertiary/aromatic N) is 3. The largest absolute Gasteiger partial charge is 0.389 e. The zero-order valence-electron chi connectivity index (χ0n) is 12.5. The summed E-state index contributed by atoms with van der Waals surface area (Å²) in [6.45, 7) is 0.333. The molecule has 0 unspecified atom stereocenters. The van der Waals surface area contributed by atoms with Gasteiger partial charge in [-0.1, -0.05) is 23.2 Å². The van der Waals surface area contributed by atoms with Crippen molar-refractivity contribution in [3.05, 3.63) is 72.5 Å². The Bertz CT molecular complexity index is 954. The molecule has 0 bridgehead atoms. The van der Waals surface area contributed by atoms with Crippen LogP contribution in [0.25, 0.3) is 0 Å². The number of carbonyl (C=O) groups is 1. The van der Waals surface area contributed by atoms with Crippen LogP contribution in [0.2, 0.25) is 10.0 Å². The van der Waals surface area contributed by atoms with E-state index in [2.05, 4.69) is 10.4 Å². The van der Waals surface area contributed by atoms with E-state index in [1.54, 1.807) is 29.6 Å². The summed E-state index contributed by atoms with van der Waals surface area (Å²) in [6.07, 6.45) is 1.52. The number of rotatable bonds is 5. The molecule has 0 aliphatic heterocycles. The number of halogens is 2. The molecule has 2 aromatic heterocycles. The van der Waals surface area contributed by atoms with Crippen LogP contribution in [0.1, 0.15) is 15.2 Å². The lowest BCUT2D eigenvalue weighted by atomic mass is 10.3. The number of carbonyl (C=O) groups excluding carboxylic acids is 1. The molecule has 128 valence electrons. The van der Waals surface area contributed by atoms with E-state index in [1.807, 2.05) is 0 Å². The summed E-state index contributed by atoms with van der Waals surface area (Å²) in [5, 5.41) is 19.8. The smallest absolute Gasteiger partial charge is 0.358 e. The third-order valence-electron chi connectivity index (χ3n) is 3.22. The number of anilines is 1.